The first kappa shape index (κ1) is 17.7. The van der Waals surface area contributed by atoms with Crippen molar-refractivity contribution in [1.82, 2.24) is 0 Å². The maximum absolute atomic E-state index is 13.3. The monoisotopic (exact) mass is 409 g/mol. The summed E-state index contributed by atoms with van der Waals surface area (Å²) in [6.45, 7) is 2.08. The first-order valence-corrected chi connectivity index (χ1v) is 10.0. The highest BCUT2D eigenvalue weighted by atomic mass is 35.5. The normalized spacial score (nSPS) is 27.7. The van der Waals surface area contributed by atoms with Crippen molar-refractivity contribution in [3.63, 3.8) is 0 Å². The molecule has 4 atom stereocenters. The molecule has 5 rings (SSSR count). The highest BCUT2D eigenvalue weighted by Crippen LogP contribution is 2.58. The van der Waals surface area contributed by atoms with Crippen molar-refractivity contribution >= 4 is 46.3 Å². The van der Waals surface area contributed by atoms with Gasteiger partial charge in [0, 0.05) is 16.9 Å². The summed E-state index contributed by atoms with van der Waals surface area (Å²) in [4.78, 5) is 27.8. The predicted molar refractivity (Wildman–Crippen MR) is 111 cm³/mol. The number of nitrogens with zero attached hydrogens (tertiary/aromatic N) is 1. The summed E-state index contributed by atoms with van der Waals surface area (Å²) < 4.78 is 0. The van der Waals surface area contributed by atoms with Crippen molar-refractivity contribution in [2.24, 2.45) is 23.7 Å². The highest BCUT2D eigenvalue weighted by Gasteiger charge is 2.62. The maximum Gasteiger partial charge on any atom is 0.238 e. The van der Waals surface area contributed by atoms with E-state index in [1.54, 1.807) is 18.2 Å². The molecule has 1 saturated heterocycles. The smallest absolute Gasteiger partial charge is 0.238 e. The zero-order chi connectivity index (χ0) is 19.6. The van der Waals surface area contributed by atoms with Gasteiger partial charge in [-0.15, -0.1) is 0 Å². The minimum absolute atomic E-state index is 0.0467. The van der Waals surface area contributed by atoms with Crippen LogP contribution in [0.25, 0.3) is 5.57 Å². The number of allylic oxidation sites excluding steroid dienone is 4. The zero-order valence-corrected chi connectivity index (χ0v) is 16.6. The fraction of sp³-hybridized carbons (Fsp3) is 0.217. The molecule has 3 nitrogen and oxygen atoms in total. The van der Waals surface area contributed by atoms with Gasteiger partial charge in [0.2, 0.25) is 11.8 Å². The topological polar surface area (TPSA) is 37.4 Å². The number of hydrogen-bond acceptors (Lipinski definition) is 2. The molecule has 0 radical (unpaired) electrons. The zero-order valence-electron chi connectivity index (χ0n) is 15.1. The van der Waals surface area contributed by atoms with Gasteiger partial charge in [-0.2, -0.15) is 0 Å². The summed E-state index contributed by atoms with van der Waals surface area (Å²) in [6, 6.07) is 15.0. The second-order valence-corrected chi connectivity index (χ2v) is 8.39. The highest BCUT2D eigenvalue weighted by molar-refractivity contribution is 6.38. The summed E-state index contributed by atoms with van der Waals surface area (Å²) in [5.41, 5.74) is 3.86. The Hall–Kier alpha value is -2.36. The van der Waals surface area contributed by atoms with Gasteiger partial charge < -0.3 is 0 Å². The Morgan fingerprint density at radius 3 is 2.11 bits per heavy atom. The third kappa shape index (κ3) is 2.36. The van der Waals surface area contributed by atoms with Crippen LogP contribution in [0.5, 0.6) is 0 Å². The molecule has 2 aromatic rings. The van der Waals surface area contributed by atoms with Gasteiger partial charge in [0.15, 0.2) is 0 Å². The fourth-order valence-corrected chi connectivity index (χ4v) is 5.38. The molecule has 140 valence electrons. The molecule has 0 unspecified atom stereocenters. The molecular formula is C23H17Cl2NO2. The molecule has 28 heavy (non-hydrogen) atoms. The van der Waals surface area contributed by atoms with Crippen molar-refractivity contribution in [3.05, 3.63) is 81.9 Å². The van der Waals surface area contributed by atoms with E-state index in [9.17, 15) is 9.59 Å². The van der Waals surface area contributed by atoms with Crippen molar-refractivity contribution in [1.29, 1.82) is 0 Å². The largest absolute Gasteiger partial charge is 0.274 e. The Kier molecular flexibility index (Phi) is 4.01. The number of anilines is 1. The number of fused-ring (bicyclic) bond motifs is 5. The van der Waals surface area contributed by atoms with Crippen LogP contribution >= 0.6 is 23.2 Å². The summed E-state index contributed by atoms with van der Waals surface area (Å²) in [5, 5.41) is 0.793. The second kappa shape index (κ2) is 6.33. The molecule has 2 bridgehead atoms. The van der Waals surface area contributed by atoms with Gasteiger partial charge in [0.1, 0.15) is 0 Å². The number of carbonyl (C=O) groups is 2. The van der Waals surface area contributed by atoms with Crippen LogP contribution in [0.4, 0.5) is 5.69 Å². The standard InChI is InChI=1S/C23H17Cl2NO2/c1-12(13-5-3-2-4-6-13)19-15-8-9-16(19)21-20(15)22(27)26(23(21)28)18-11-14(24)7-10-17(18)25/h2-11,15-16,20-21H,1H3/t15-,16-,20+,21+/m1/s1. The van der Waals surface area contributed by atoms with E-state index in [2.05, 4.69) is 31.2 Å². The summed E-state index contributed by atoms with van der Waals surface area (Å²) in [7, 11) is 0. The Morgan fingerprint density at radius 2 is 1.50 bits per heavy atom. The minimum atomic E-state index is -0.369. The van der Waals surface area contributed by atoms with Gasteiger partial charge in [-0.05, 0) is 36.3 Å². The maximum atomic E-state index is 13.3. The average molecular weight is 410 g/mol. The lowest BCUT2D eigenvalue weighted by molar-refractivity contribution is -0.122. The molecule has 1 saturated carbocycles. The number of imide groups is 1. The molecule has 5 heteroatoms. The van der Waals surface area contributed by atoms with Crippen LogP contribution in [0.2, 0.25) is 10.0 Å². The van der Waals surface area contributed by atoms with E-state index >= 15 is 0 Å². The fourth-order valence-electron chi connectivity index (χ4n) is 5.01. The van der Waals surface area contributed by atoms with Crippen molar-refractivity contribution in [2.45, 2.75) is 6.92 Å². The molecule has 2 aliphatic carbocycles. The van der Waals surface area contributed by atoms with Crippen molar-refractivity contribution in [2.75, 3.05) is 4.90 Å². The van der Waals surface area contributed by atoms with E-state index in [1.165, 1.54) is 10.5 Å². The molecule has 2 fully saturated rings. The molecule has 1 heterocycles. The molecule has 0 N–H and O–H groups in total. The molecular weight excluding hydrogens is 393 g/mol. The van der Waals surface area contributed by atoms with Gasteiger partial charge in [0.25, 0.3) is 0 Å². The van der Waals surface area contributed by atoms with Gasteiger partial charge in [-0.1, -0.05) is 71.3 Å². The number of benzene rings is 2. The quantitative estimate of drug-likeness (QED) is 0.492. The third-order valence-electron chi connectivity index (χ3n) is 6.20. The molecule has 0 aromatic heterocycles. The predicted octanol–water partition coefficient (Wildman–Crippen LogP) is 5.39. The lowest BCUT2D eigenvalue weighted by Gasteiger charge is -2.21. The molecule has 2 aromatic carbocycles. The lowest BCUT2D eigenvalue weighted by atomic mass is 9.85. The van der Waals surface area contributed by atoms with Gasteiger partial charge in [-0.25, -0.2) is 4.90 Å². The molecule has 2 amide bonds. The van der Waals surface area contributed by atoms with Gasteiger partial charge >= 0.3 is 0 Å². The number of amides is 2. The summed E-state index contributed by atoms with van der Waals surface area (Å²) >= 11 is 12.4. The summed E-state index contributed by atoms with van der Waals surface area (Å²) in [5.74, 6) is -1.20. The van der Waals surface area contributed by atoms with E-state index in [0.29, 0.717) is 15.7 Å². The number of hydrogen-bond donors (Lipinski definition) is 0. The van der Waals surface area contributed by atoms with E-state index in [1.807, 2.05) is 18.2 Å². The summed E-state index contributed by atoms with van der Waals surface area (Å²) in [6.07, 6.45) is 4.17. The number of rotatable bonds is 2. The Balaban J connectivity index is 1.57. The van der Waals surface area contributed by atoms with Gasteiger partial charge in [0.05, 0.1) is 22.5 Å². The average Bonchev–Trinajstić information content (AvgIpc) is 3.34. The number of carbonyl (C=O) groups excluding carboxylic acids is 2. The third-order valence-corrected chi connectivity index (χ3v) is 6.76. The van der Waals surface area contributed by atoms with Crippen LogP contribution in [0.3, 0.4) is 0 Å². The van der Waals surface area contributed by atoms with E-state index < -0.39 is 0 Å². The van der Waals surface area contributed by atoms with Crippen molar-refractivity contribution < 1.29 is 9.59 Å². The van der Waals surface area contributed by atoms with Crippen LogP contribution < -0.4 is 4.90 Å². The van der Waals surface area contributed by atoms with E-state index in [-0.39, 0.29) is 35.5 Å². The van der Waals surface area contributed by atoms with Crippen LogP contribution in [0.15, 0.2) is 66.3 Å². The van der Waals surface area contributed by atoms with Crippen molar-refractivity contribution in [3.8, 4) is 0 Å². The Labute approximate surface area is 173 Å². The minimum Gasteiger partial charge on any atom is -0.274 e. The lowest BCUT2D eigenvalue weighted by Crippen LogP contribution is -2.33. The van der Waals surface area contributed by atoms with Crippen LogP contribution in [0, 0.1) is 23.7 Å². The Bertz CT molecular complexity index is 1040. The first-order valence-electron chi connectivity index (χ1n) is 9.26. The Morgan fingerprint density at radius 1 is 0.893 bits per heavy atom. The van der Waals surface area contributed by atoms with E-state index in [0.717, 1.165) is 11.1 Å². The van der Waals surface area contributed by atoms with Crippen LogP contribution in [-0.2, 0) is 9.59 Å². The molecule has 0 spiro atoms. The molecule has 3 aliphatic rings. The number of halogens is 2. The second-order valence-electron chi connectivity index (χ2n) is 7.54. The van der Waals surface area contributed by atoms with E-state index in [4.69, 9.17) is 23.2 Å². The SMILES string of the molecule is CC(=C1[C@H]2C=C[C@H]1[C@@H]1C(=O)N(c3cc(Cl)ccc3Cl)C(=O)[C@H]12)c1ccccc1. The van der Waals surface area contributed by atoms with Crippen LogP contribution in [-0.4, -0.2) is 11.8 Å². The first-order chi connectivity index (χ1) is 13.5. The van der Waals surface area contributed by atoms with Gasteiger partial charge in [-0.3, -0.25) is 9.59 Å². The van der Waals surface area contributed by atoms with Crippen LogP contribution in [0.1, 0.15) is 12.5 Å². The molecule has 1 aliphatic heterocycles.